The number of nitrogens with zero attached hydrogens (tertiary/aromatic N) is 1. The van der Waals surface area contributed by atoms with E-state index in [1.807, 2.05) is 0 Å². The van der Waals surface area contributed by atoms with Crippen LogP contribution in [0.25, 0.3) is 0 Å². The summed E-state index contributed by atoms with van der Waals surface area (Å²) in [5, 5.41) is 0.388. The molecule has 0 spiro atoms. The van der Waals surface area contributed by atoms with E-state index >= 15 is 0 Å². The number of primary amides is 1. The summed E-state index contributed by atoms with van der Waals surface area (Å²) in [5.41, 5.74) is 6.39. The Balaban J connectivity index is 2.45. The molecule has 116 valence electrons. The highest BCUT2D eigenvalue weighted by Gasteiger charge is 2.24. The molecule has 0 saturated heterocycles. The topological polar surface area (TPSA) is 80.5 Å². The lowest BCUT2D eigenvalue weighted by Crippen LogP contribution is -2.27. The highest BCUT2D eigenvalue weighted by molar-refractivity contribution is 7.92. The van der Waals surface area contributed by atoms with Crippen LogP contribution in [0.4, 0.5) is 5.69 Å². The van der Waals surface area contributed by atoms with Gasteiger partial charge in [0.15, 0.2) is 0 Å². The Morgan fingerprint density at radius 1 is 1.14 bits per heavy atom. The Morgan fingerprint density at radius 3 is 2.27 bits per heavy atom. The van der Waals surface area contributed by atoms with Crippen molar-refractivity contribution in [1.29, 1.82) is 0 Å². The average molecular weight is 339 g/mol. The number of carbonyl (C=O) groups is 1. The minimum atomic E-state index is -3.75. The van der Waals surface area contributed by atoms with Crippen LogP contribution in [0.1, 0.15) is 15.9 Å². The van der Waals surface area contributed by atoms with Crippen LogP contribution in [0.3, 0.4) is 0 Å². The molecule has 0 saturated carbocycles. The van der Waals surface area contributed by atoms with Crippen molar-refractivity contribution in [2.75, 3.05) is 11.4 Å². The maximum Gasteiger partial charge on any atom is 0.264 e. The molecule has 0 radical (unpaired) electrons. The van der Waals surface area contributed by atoms with Gasteiger partial charge in [0.05, 0.1) is 10.6 Å². The Labute approximate surface area is 134 Å². The maximum absolute atomic E-state index is 12.7. The first-order chi connectivity index (χ1) is 10.2. The number of hydrogen-bond donors (Lipinski definition) is 1. The zero-order valence-corrected chi connectivity index (χ0v) is 13.6. The number of amides is 1. The van der Waals surface area contributed by atoms with Gasteiger partial charge < -0.3 is 5.73 Å². The monoisotopic (exact) mass is 338 g/mol. The van der Waals surface area contributed by atoms with Crippen molar-refractivity contribution in [2.45, 2.75) is 11.8 Å². The van der Waals surface area contributed by atoms with Crippen LogP contribution < -0.4 is 10.0 Å². The van der Waals surface area contributed by atoms with E-state index in [1.165, 1.54) is 37.4 Å². The first-order valence-corrected chi connectivity index (χ1v) is 8.21. The molecule has 7 heteroatoms. The van der Waals surface area contributed by atoms with Crippen molar-refractivity contribution in [1.82, 2.24) is 0 Å². The second kappa shape index (κ2) is 5.98. The Morgan fingerprint density at radius 2 is 1.73 bits per heavy atom. The Kier molecular flexibility index (Phi) is 4.44. The lowest BCUT2D eigenvalue weighted by Gasteiger charge is -2.21. The molecule has 2 aromatic rings. The zero-order chi connectivity index (χ0) is 16.5. The van der Waals surface area contributed by atoms with Crippen LogP contribution >= 0.6 is 11.6 Å². The molecule has 0 atom stereocenters. The molecular formula is C15H15ClN2O3S. The third kappa shape index (κ3) is 2.93. The summed E-state index contributed by atoms with van der Waals surface area (Å²) in [7, 11) is -2.31. The molecule has 0 aliphatic heterocycles. The van der Waals surface area contributed by atoms with Gasteiger partial charge in [0.25, 0.3) is 10.0 Å². The fourth-order valence-electron chi connectivity index (χ4n) is 1.99. The van der Waals surface area contributed by atoms with Gasteiger partial charge in [0.2, 0.25) is 5.91 Å². The Bertz CT molecular complexity index is 817. The molecule has 5 nitrogen and oxygen atoms in total. The van der Waals surface area contributed by atoms with E-state index in [9.17, 15) is 13.2 Å². The van der Waals surface area contributed by atoms with Crippen LogP contribution in [0, 0.1) is 6.92 Å². The van der Waals surface area contributed by atoms with Crippen molar-refractivity contribution in [3.8, 4) is 0 Å². The predicted octanol–water partition coefficient (Wildman–Crippen LogP) is 2.57. The Hall–Kier alpha value is -2.05. The number of nitrogens with two attached hydrogens (primary N) is 1. The number of sulfonamides is 1. The van der Waals surface area contributed by atoms with Gasteiger partial charge >= 0.3 is 0 Å². The molecule has 22 heavy (non-hydrogen) atoms. The second-order valence-electron chi connectivity index (χ2n) is 4.75. The third-order valence-electron chi connectivity index (χ3n) is 3.37. The smallest absolute Gasteiger partial charge is 0.264 e. The van der Waals surface area contributed by atoms with E-state index in [4.69, 9.17) is 17.3 Å². The van der Waals surface area contributed by atoms with Crippen LogP contribution in [-0.4, -0.2) is 21.4 Å². The summed E-state index contributed by atoms with van der Waals surface area (Å²) in [6.45, 7) is 1.65. The van der Waals surface area contributed by atoms with Crippen LogP contribution in [0.5, 0.6) is 0 Å². The number of benzene rings is 2. The highest BCUT2D eigenvalue weighted by Crippen LogP contribution is 2.28. The van der Waals surface area contributed by atoms with Gasteiger partial charge in [-0.1, -0.05) is 17.7 Å². The zero-order valence-electron chi connectivity index (χ0n) is 12.1. The number of rotatable bonds is 4. The molecule has 1 amide bonds. The van der Waals surface area contributed by atoms with Gasteiger partial charge in [-0.05, 0) is 48.9 Å². The van der Waals surface area contributed by atoms with Gasteiger partial charge in [-0.25, -0.2) is 8.42 Å². The number of anilines is 1. The van der Waals surface area contributed by atoms with Crippen LogP contribution in [0.15, 0.2) is 47.4 Å². The first kappa shape index (κ1) is 16.3. The van der Waals surface area contributed by atoms with E-state index in [2.05, 4.69) is 0 Å². The van der Waals surface area contributed by atoms with E-state index in [-0.39, 0.29) is 4.90 Å². The summed E-state index contributed by atoms with van der Waals surface area (Å²) in [5.74, 6) is -0.567. The van der Waals surface area contributed by atoms with E-state index in [0.717, 1.165) is 4.31 Å². The third-order valence-corrected chi connectivity index (χ3v) is 5.71. The standard InChI is InChI=1S/C15H15ClN2O3S/c1-10-13(16)4-3-5-14(10)22(20,21)18(2)12-8-6-11(7-9-12)15(17)19/h3-9H,1-2H3,(H2,17,19). The molecule has 0 aromatic heterocycles. The van der Waals surface area contributed by atoms with Crippen molar-refractivity contribution >= 4 is 33.2 Å². The second-order valence-corrected chi connectivity index (χ2v) is 7.09. The minimum absolute atomic E-state index is 0.140. The summed E-state index contributed by atoms with van der Waals surface area (Å²) < 4.78 is 26.5. The van der Waals surface area contributed by atoms with Crippen molar-refractivity contribution in [3.63, 3.8) is 0 Å². The summed E-state index contributed by atoms with van der Waals surface area (Å²) in [6.07, 6.45) is 0. The molecule has 0 fully saturated rings. The van der Waals surface area contributed by atoms with Crippen molar-refractivity contribution < 1.29 is 13.2 Å². The fraction of sp³-hybridized carbons (Fsp3) is 0.133. The first-order valence-electron chi connectivity index (χ1n) is 6.39. The summed E-state index contributed by atoms with van der Waals surface area (Å²) >= 11 is 5.99. The maximum atomic E-state index is 12.7. The average Bonchev–Trinajstić information content (AvgIpc) is 2.49. The molecule has 0 bridgehead atoms. The van der Waals surface area contributed by atoms with E-state index in [1.54, 1.807) is 19.1 Å². The normalized spacial score (nSPS) is 11.2. The van der Waals surface area contributed by atoms with E-state index < -0.39 is 15.9 Å². The van der Waals surface area contributed by atoms with Crippen LogP contribution in [0.2, 0.25) is 5.02 Å². The molecule has 0 aliphatic carbocycles. The lowest BCUT2D eigenvalue weighted by molar-refractivity contribution is 0.100. The lowest BCUT2D eigenvalue weighted by atomic mass is 10.2. The van der Waals surface area contributed by atoms with Gasteiger partial charge in [-0.2, -0.15) is 0 Å². The molecule has 0 aliphatic rings. The largest absolute Gasteiger partial charge is 0.366 e. The van der Waals surface area contributed by atoms with Gasteiger partial charge in [0.1, 0.15) is 0 Å². The number of hydrogen-bond acceptors (Lipinski definition) is 3. The summed E-state index contributed by atoms with van der Waals surface area (Å²) in [6, 6.07) is 10.7. The minimum Gasteiger partial charge on any atom is -0.366 e. The fourth-order valence-corrected chi connectivity index (χ4v) is 3.66. The predicted molar refractivity (Wildman–Crippen MR) is 86.7 cm³/mol. The molecule has 2 aromatic carbocycles. The molecule has 2 N–H and O–H groups in total. The van der Waals surface area contributed by atoms with Gasteiger partial charge in [0, 0.05) is 17.6 Å². The quantitative estimate of drug-likeness (QED) is 0.930. The molecule has 2 rings (SSSR count). The molecular weight excluding hydrogens is 324 g/mol. The van der Waals surface area contributed by atoms with Crippen molar-refractivity contribution in [2.24, 2.45) is 5.73 Å². The van der Waals surface area contributed by atoms with Gasteiger partial charge in [-0.15, -0.1) is 0 Å². The summed E-state index contributed by atoms with van der Waals surface area (Å²) in [4.78, 5) is 11.2. The highest BCUT2D eigenvalue weighted by atomic mass is 35.5. The van der Waals surface area contributed by atoms with Crippen molar-refractivity contribution in [3.05, 3.63) is 58.6 Å². The van der Waals surface area contributed by atoms with Crippen LogP contribution in [-0.2, 0) is 10.0 Å². The number of halogens is 1. The molecule has 0 unspecified atom stereocenters. The van der Waals surface area contributed by atoms with E-state index in [0.29, 0.717) is 21.8 Å². The number of carbonyl (C=O) groups excluding carboxylic acids is 1. The SMILES string of the molecule is Cc1c(Cl)cccc1S(=O)(=O)N(C)c1ccc(C(N)=O)cc1. The molecule has 0 heterocycles. The van der Waals surface area contributed by atoms with Gasteiger partial charge in [-0.3, -0.25) is 9.10 Å².